The fourth-order valence-electron chi connectivity index (χ4n) is 3.00. The third-order valence-corrected chi connectivity index (χ3v) is 4.46. The number of carbonyl (C=O) groups excluding carboxylic acids is 1. The number of amides is 1. The summed E-state index contributed by atoms with van der Waals surface area (Å²) in [6.07, 6.45) is 7.07. The molecule has 0 spiro atoms. The number of hydrogen-bond donors (Lipinski definition) is 2. The van der Waals surface area contributed by atoms with Gasteiger partial charge in [-0.05, 0) is 18.2 Å². The van der Waals surface area contributed by atoms with Gasteiger partial charge in [0.15, 0.2) is 5.65 Å². The standard InChI is InChI=1S/C21H19N5O3/c1-29-20-6-5-16(10-25-20)18-11-24-19-12-23-17(13-26(18)19)14-3-2-4-15(9-14)21(28)22-7-8-27/h2-6,9-13,27H,7-8H2,1H3,(H,22,28). The average Bonchev–Trinajstić information content (AvgIpc) is 3.21. The average molecular weight is 389 g/mol. The van der Waals surface area contributed by atoms with Crippen molar-refractivity contribution in [3.8, 4) is 28.4 Å². The van der Waals surface area contributed by atoms with E-state index in [-0.39, 0.29) is 19.1 Å². The number of nitrogens with one attached hydrogen (secondary N) is 1. The van der Waals surface area contributed by atoms with Crippen molar-refractivity contribution >= 4 is 11.6 Å². The summed E-state index contributed by atoms with van der Waals surface area (Å²) in [5.74, 6) is 0.302. The van der Waals surface area contributed by atoms with E-state index in [2.05, 4.69) is 20.3 Å². The van der Waals surface area contributed by atoms with Crippen LogP contribution in [0.5, 0.6) is 5.88 Å². The van der Waals surface area contributed by atoms with Crippen molar-refractivity contribution in [1.29, 1.82) is 0 Å². The Balaban J connectivity index is 1.71. The van der Waals surface area contributed by atoms with Crippen LogP contribution >= 0.6 is 0 Å². The molecule has 0 atom stereocenters. The Kier molecular flexibility index (Phi) is 5.17. The van der Waals surface area contributed by atoms with Gasteiger partial charge in [-0.2, -0.15) is 0 Å². The van der Waals surface area contributed by atoms with Crippen LogP contribution in [0.15, 0.2) is 61.2 Å². The second kappa shape index (κ2) is 8.07. The Morgan fingerprint density at radius 3 is 2.76 bits per heavy atom. The second-order valence-corrected chi connectivity index (χ2v) is 6.29. The summed E-state index contributed by atoms with van der Waals surface area (Å²) < 4.78 is 7.05. The molecule has 1 aromatic carbocycles. The van der Waals surface area contributed by atoms with E-state index < -0.39 is 0 Å². The van der Waals surface area contributed by atoms with E-state index >= 15 is 0 Å². The molecule has 1 amide bonds. The highest BCUT2D eigenvalue weighted by Gasteiger charge is 2.11. The van der Waals surface area contributed by atoms with Gasteiger partial charge in [0, 0.05) is 41.7 Å². The first kappa shape index (κ1) is 18.6. The molecular weight excluding hydrogens is 370 g/mol. The summed E-state index contributed by atoms with van der Waals surface area (Å²) in [6, 6.07) is 10.9. The van der Waals surface area contributed by atoms with Gasteiger partial charge >= 0.3 is 0 Å². The number of carbonyl (C=O) groups is 1. The monoisotopic (exact) mass is 389 g/mol. The maximum atomic E-state index is 12.2. The molecule has 0 aliphatic rings. The molecule has 0 saturated carbocycles. The molecule has 3 aromatic heterocycles. The van der Waals surface area contributed by atoms with Gasteiger partial charge in [0.2, 0.25) is 5.88 Å². The summed E-state index contributed by atoms with van der Waals surface area (Å²) >= 11 is 0. The van der Waals surface area contributed by atoms with Gasteiger partial charge in [-0.3, -0.25) is 14.2 Å². The molecule has 0 unspecified atom stereocenters. The molecular formula is C21H19N5O3. The number of hydrogen-bond acceptors (Lipinski definition) is 6. The molecule has 0 bridgehead atoms. The lowest BCUT2D eigenvalue weighted by atomic mass is 10.1. The molecule has 0 saturated heterocycles. The van der Waals surface area contributed by atoms with Crippen LogP contribution in [0.3, 0.4) is 0 Å². The molecule has 0 aliphatic heterocycles. The van der Waals surface area contributed by atoms with Crippen LogP contribution in [0.25, 0.3) is 28.2 Å². The Bertz CT molecular complexity index is 1150. The second-order valence-electron chi connectivity index (χ2n) is 6.29. The summed E-state index contributed by atoms with van der Waals surface area (Å²) in [5.41, 5.74) is 4.48. The number of imidazole rings is 1. The molecule has 3 heterocycles. The zero-order valence-corrected chi connectivity index (χ0v) is 15.7. The Morgan fingerprint density at radius 1 is 1.10 bits per heavy atom. The third kappa shape index (κ3) is 3.78. The van der Waals surface area contributed by atoms with Crippen LogP contribution in [-0.2, 0) is 0 Å². The maximum Gasteiger partial charge on any atom is 0.251 e. The number of rotatable bonds is 6. The number of aliphatic hydroxyl groups is 1. The molecule has 4 rings (SSSR count). The first-order valence-corrected chi connectivity index (χ1v) is 9.02. The minimum Gasteiger partial charge on any atom is -0.481 e. The number of nitrogens with zero attached hydrogens (tertiary/aromatic N) is 4. The predicted octanol–water partition coefficient (Wildman–Crippen LogP) is 2.19. The van der Waals surface area contributed by atoms with Crippen molar-refractivity contribution in [2.45, 2.75) is 0 Å². The van der Waals surface area contributed by atoms with E-state index in [0.717, 1.165) is 16.8 Å². The quantitative estimate of drug-likeness (QED) is 0.524. The van der Waals surface area contributed by atoms with Crippen molar-refractivity contribution in [3.05, 3.63) is 66.7 Å². The van der Waals surface area contributed by atoms with E-state index in [1.54, 1.807) is 50.0 Å². The van der Waals surface area contributed by atoms with Gasteiger partial charge in [-0.25, -0.2) is 9.97 Å². The molecule has 146 valence electrons. The fraction of sp³-hybridized carbons (Fsp3) is 0.143. The number of methoxy groups -OCH3 is 1. The minimum atomic E-state index is -0.241. The highest BCUT2D eigenvalue weighted by Crippen LogP contribution is 2.24. The van der Waals surface area contributed by atoms with Crippen LogP contribution in [0.2, 0.25) is 0 Å². The van der Waals surface area contributed by atoms with Crippen molar-refractivity contribution in [1.82, 2.24) is 24.7 Å². The van der Waals surface area contributed by atoms with Gasteiger partial charge in [-0.15, -0.1) is 0 Å². The van der Waals surface area contributed by atoms with Crippen LogP contribution in [0, 0.1) is 0 Å². The Morgan fingerprint density at radius 2 is 2.00 bits per heavy atom. The third-order valence-electron chi connectivity index (χ3n) is 4.46. The number of ether oxygens (including phenoxy) is 1. The molecule has 29 heavy (non-hydrogen) atoms. The minimum absolute atomic E-state index is 0.104. The van der Waals surface area contributed by atoms with E-state index in [1.165, 1.54) is 0 Å². The number of fused-ring (bicyclic) bond motifs is 1. The van der Waals surface area contributed by atoms with Crippen molar-refractivity contribution in [2.24, 2.45) is 0 Å². The zero-order chi connectivity index (χ0) is 20.2. The highest BCUT2D eigenvalue weighted by molar-refractivity contribution is 5.95. The Labute approximate surface area is 166 Å². The summed E-state index contributed by atoms with van der Waals surface area (Å²) in [4.78, 5) is 25.3. The maximum absolute atomic E-state index is 12.2. The van der Waals surface area contributed by atoms with Crippen molar-refractivity contribution in [3.63, 3.8) is 0 Å². The highest BCUT2D eigenvalue weighted by atomic mass is 16.5. The fourth-order valence-corrected chi connectivity index (χ4v) is 3.00. The molecule has 0 aliphatic carbocycles. The molecule has 8 heteroatoms. The smallest absolute Gasteiger partial charge is 0.251 e. The van der Waals surface area contributed by atoms with Crippen LogP contribution < -0.4 is 10.1 Å². The lowest BCUT2D eigenvalue weighted by Gasteiger charge is -2.08. The zero-order valence-electron chi connectivity index (χ0n) is 15.7. The van der Waals surface area contributed by atoms with Gasteiger partial charge in [0.1, 0.15) is 0 Å². The lowest BCUT2D eigenvalue weighted by Crippen LogP contribution is -2.26. The van der Waals surface area contributed by atoms with Crippen molar-refractivity contribution in [2.75, 3.05) is 20.3 Å². The molecule has 0 radical (unpaired) electrons. The molecule has 0 fully saturated rings. The van der Waals surface area contributed by atoms with Gasteiger partial charge in [-0.1, -0.05) is 12.1 Å². The molecule has 4 aromatic rings. The van der Waals surface area contributed by atoms with Crippen molar-refractivity contribution < 1.29 is 14.6 Å². The Hall–Kier alpha value is -3.78. The number of aromatic nitrogens is 4. The van der Waals surface area contributed by atoms with E-state index in [1.807, 2.05) is 22.7 Å². The summed E-state index contributed by atoms with van der Waals surface area (Å²) in [7, 11) is 1.58. The molecule has 2 N–H and O–H groups in total. The number of pyridine rings is 1. The predicted molar refractivity (Wildman–Crippen MR) is 108 cm³/mol. The van der Waals surface area contributed by atoms with Crippen LogP contribution in [0.1, 0.15) is 10.4 Å². The first-order valence-electron chi connectivity index (χ1n) is 9.02. The van der Waals surface area contributed by atoms with Gasteiger partial charge < -0.3 is 15.2 Å². The molecule has 8 nitrogen and oxygen atoms in total. The van der Waals surface area contributed by atoms with Gasteiger partial charge in [0.05, 0.1) is 37.5 Å². The normalized spacial score (nSPS) is 10.8. The van der Waals surface area contributed by atoms with Gasteiger partial charge in [0.25, 0.3) is 5.91 Å². The largest absolute Gasteiger partial charge is 0.481 e. The van der Waals surface area contributed by atoms with Crippen LogP contribution in [-0.4, -0.2) is 50.6 Å². The topological polar surface area (TPSA) is 102 Å². The van der Waals surface area contributed by atoms with E-state index in [4.69, 9.17) is 9.84 Å². The summed E-state index contributed by atoms with van der Waals surface area (Å²) in [6.45, 7) is 0.106. The lowest BCUT2D eigenvalue weighted by molar-refractivity contribution is 0.0945. The SMILES string of the molecule is COc1ccc(-c2cnc3cnc(-c4cccc(C(=O)NCCO)c4)cn23)cn1. The number of benzene rings is 1. The van der Waals surface area contributed by atoms with E-state index in [9.17, 15) is 4.79 Å². The van der Waals surface area contributed by atoms with Crippen LogP contribution in [0.4, 0.5) is 0 Å². The van der Waals surface area contributed by atoms with E-state index in [0.29, 0.717) is 22.8 Å². The number of aliphatic hydroxyl groups excluding tert-OH is 1. The summed E-state index contributed by atoms with van der Waals surface area (Å²) in [5, 5.41) is 11.5. The first-order chi connectivity index (χ1) is 14.2.